The van der Waals surface area contributed by atoms with Crippen LogP contribution in [0.25, 0.3) is 11.0 Å². The van der Waals surface area contributed by atoms with Crippen molar-refractivity contribution in [2.45, 2.75) is 19.3 Å². The van der Waals surface area contributed by atoms with Crippen molar-refractivity contribution in [3.05, 3.63) is 59.1 Å². The highest BCUT2D eigenvalue weighted by atomic mass is 35.5. The molecule has 0 aliphatic carbocycles. The smallest absolute Gasteiger partial charge is 0.226 e. The number of para-hydroxylation sites is 1. The number of rotatable bonds is 7. The molecule has 0 bridgehead atoms. The summed E-state index contributed by atoms with van der Waals surface area (Å²) in [7, 11) is 0. The SMILES string of the molecule is O=C(CCC(=O)Nc1noc2ccccc12)NCCc1ccc(Cl)cc1. The molecule has 0 atom stereocenters. The van der Waals surface area contributed by atoms with E-state index in [0.717, 1.165) is 10.9 Å². The molecule has 134 valence electrons. The molecule has 0 radical (unpaired) electrons. The summed E-state index contributed by atoms with van der Waals surface area (Å²) in [5.74, 6) is -0.0789. The third kappa shape index (κ3) is 4.83. The van der Waals surface area contributed by atoms with Crippen molar-refractivity contribution in [1.29, 1.82) is 0 Å². The minimum atomic E-state index is -0.281. The van der Waals surface area contributed by atoms with Gasteiger partial charge in [-0.2, -0.15) is 0 Å². The van der Waals surface area contributed by atoms with Crippen molar-refractivity contribution < 1.29 is 14.1 Å². The lowest BCUT2D eigenvalue weighted by Gasteiger charge is -2.06. The van der Waals surface area contributed by atoms with Crippen LogP contribution in [-0.4, -0.2) is 23.5 Å². The number of nitrogens with zero attached hydrogens (tertiary/aromatic N) is 1. The van der Waals surface area contributed by atoms with Gasteiger partial charge in [-0.3, -0.25) is 9.59 Å². The molecule has 2 N–H and O–H groups in total. The van der Waals surface area contributed by atoms with Crippen LogP contribution in [0.15, 0.2) is 53.1 Å². The molecule has 0 spiro atoms. The summed E-state index contributed by atoms with van der Waals surface area (Å²) in [5, 5.41) is 10.7. The topological polar surface area (TPSA) is 84.2 Å². The van der Waals surface area contributed by atoms with E-state index in [9.17, 15) is 9.59 Å². The fraction of sp³-hybridized carbons (Fsp3) is 0.211. The molecule has 1 heterocycles. The zero-order valence-corrected chi connectivity index (χ0v) is 14.8. The molecule has 3 rings (SSSR count). The molecule has 7 heteroatoms. The largest absolute Gasteiger partial charge is 0.356 e. The Bertz CT molecular complexity index is 906. The zero-order valence-electron chi connectivity index (χ0n) is 14.0. The van der Waals surface area contributed by atoms with Gasteiger partial charge in [-0.15, -0.1) is 0 Å². The van der Waals surface area contributed by atoms with Crippen LogP contribution in [0.5, 0.6) is 0 Å². The van der Waals surface area contributed by atoms with Crippen LogP contribution in [0.1, 0.15) is 18.4 Å². The number of carbonyl (C=O) groups is 2. The Morgan fingerprint density at radius 1 is 1.00 bits per heavy atom. The average Bonchev–Trinajstić information content (AvgIpc) is 3.05. The van der Waals surface area contributed by atoms with E-state index >= 15 is 0 Å². The van der Waals surface area contributed by atoms with Gasteiger partial charge in [0, 0.05) is 24.4 Å². The third-order valence-corrected chi connectivity index (χ3v) is 4.12. The van der Waals surface area contributed by atoms with E-state index in [4.69, 9.17) is 16.1 Å². The van der Waals surface area contributed by atoms with Gasteiger partial charge in [-0.25, -0.2) is 0 Å². The number of aromatic nitrogens is 1. The van der Waals surface area contributed by atoms with Crippen LogP contribution in [0.4, 0.5) is 5.82 Å². The van der Waals surface area contributed by atoms with Gasteiger partial charge in [0.15, 0.2) is 11.4 Å². The van der Waals surface area contributed by atoms with Crippen molar-refractivity contribution in [1.82, 2.24) is 10.5 Å². The summed E-state index contributed by atoms with van der Waals surface area (Å²) in [6.07, 6.45) is 0.899. The lowest BCUT2D eigenvalue weighted by molar-refractivity contribution is -0.124. The molecule has 0 saturated heterocycles. The molecule has 0 unspecified atom stereocenters. The van der Waals surface area contributed by atoms with E-state index in [1.807, 2.05) is 42.5 Å². The fourth-order valence-corrected chi connectivity index (χ4v) is 2.61. The molecule has 0 aliphatic rings. The second-order valence-corrected chi connectivity index (χ2v) is 6.24. The Balaban J connectivity index is 1.39. The number of nitrogens with one attached hydrogen (secondary N) is 2. The number of halogens is 1. The first-order valence-electron chi connectivity index (χ1n) is 8.27. The first-order chi connectivity index (χ1) is 12.6. The predicted octanol–water partition coefficient (Wildman–Crippen LogP) is 3.56. The maximum Gasteiger partial charge on any atom is 0.226 e. The molecule has 26 heavy (non-hydrogen) atoms. The van der Waals surface area contributed by atoms with Crippen molar-refractivity contribution in [2.75, 3.05) is 11.9 Å². The molecule has 0 saturated carbocycles. The quantitative estimate of drug-likeness (QED) is 0.665. The number of hydrogen-bond acceptors (Lipinski definition) is 4. The van der Waals surface area contributed by atoms with E-state index in [1.165, 1.54) is 0 Å². The first kappa shape index (κ1) is 17.9. The second kappa shape index (κ2) is 8.49. The molecule has 0 fully saturated rings. The third-order valence-electron chi connectivity index (χ3n) is 3.86. The molecular weight excluding hydrogens is 354 g/mol. The van der Waals surface area contributed by atoms with Crippen LogP contribution in [0.2, 0.25) is 5.02 Å². The number of amides is 2. The lowest BCUT2D eigenvalue weighted by atomic mass is 10.1. The number of benzene rings is 2. The maximum atomic E-state index is 12.0. The van der Waals surface area contributed by atoms with Crippen LogP contribution < -0.4 is 10.6 Å². The monoisotopic (exact) mass is 371 g/mol. The highest BCUT2D eigenvalue weighted by molar-refractivity contribution is 6.30. The number of anilines is 1. The van der Waals surface area contributed by atoms with Crippen LogP contribution in [0.3, 0.4) is 0 Å². The molecule has 6 nitrogen and oxygen atoms in total. The summed E-state index contributed by atoms with van der Waals surface area (Å²) < 4.78 is 5.13. The standard InChI is InChI=1S/C19H18ClN3O3/c20-14-7-5-13(6-8-14)11-12-21-17(24)9-10-18(25)22-19-15-3-1-2-4-16(15)26-23-19/h1-8H,9-12H2,(H,21,24)(H,22,23,25). The molecule has 2 aromatic carbocycles. The van der Waals surface area contributed by atoms with Crippen molar-refractivity contribution in [2.24, 2.45) is 0 Å². The van der Waals surface area contributed by atoms with Crippen molar-refractivity contribution in [3.63, 3.8) is 0 Å². The molecule has 3 aromatic rings. The highest BCUT2D eigenvalue weighted by Gasteiger charge is 2.12. The van der Waals surface area contributed by atoms with Gasteiger partial charge >= 0.3 is 0 Å². The zero-order chi connectivity index (χ0) is 18.4. The summed E-state index contributed by atoms with van der Waals surface area (Å²) in [6.45, 7) is 0.510. The Morgan fingerprint density at radius 2 is 1.73 bits per heavy atom. The minimum absolute atomic E-state index is 0.0773. The van der Waals surface area contributed by atoms with Gasteiger partial charge in [-0.1, -0.05) is 41.0 Å². The Morgan fingerprint density at radius 3 is 2.54 bits per heavy atom. The summed E-state index contributed by atoms with van der Waals surface area (Å²) in [6, 6.07) is 14.7. The van der Waals surface area contributed by atoms with Gasteiger partial charge in [-0.05, 0) is 36.2 Å². The van der Waals surface area contributed by atoms with Gasteiger partial charge in [0.2, 0.25) is 11.8 Å². The Hall–Kier alpha value is -2.86. The van der Waals surface area contributed by atoms with E-state index < -0.39 is 0 Å². The van der Waals surface area contributed by atoms with Crippen molar-refractivity contribution >= 4 is 40.2 Å². The van der Waals surface area contributed by atoms with E-state index in [0.29, 0.717) is 29.4 Å². The molecule has 0 aliphatic heterocycles. The number of hydrogen-bond donors (Lipinski definition) is 2. The van der Waals surface area contributed by atoms with Crippen molar-refractivity contribution in [3.8, 4) is 0 Å². The Kier molecular flexibility index (Phi) is 5.86. The first-order valence-corrected chi connectivity index (χ1v) is 8.65. The van der Waals surface area contributed by atoms with Crippen LogP contribution in [-0.2, 0) is 16.0 Å². The highest BCUT2D eigenvalue weighted by Crippen LogP contribution is 2.22. The van der Waals surface area contributed by atoms with Crippen LogP contribution in [0, 0.1) is 0 Å². The summed E-state index contributed by atoms with van der Waals surface area (Å²) in [4.78, 5) is 23.9. The average molecular weight is 372 g/mol. The van der Waals surface area contributed by atoms with E-state index in [-0.39, 0.29) is 24.7 Å². The molecular formula is C19H18ClN3O3. The van der Waals surface area contributed by atoms with E-state index in [1.54, 1.807) is 6.07 Å². The van der Waals surface area contributed by atoms with Gasteiger partial charge in [0.1, 0.15) is 0 Å². The normalized spacial score (nSPS) is 10.7. The van der Waals surface area contributed by atoms with E-state index in [2.05, 4.69) is 15.8 Å². The Labute approximate surface area is 155 Å². The fourth-order valence-electron chi connectivity index (χ4n) is 2.48. The number of carbonyl (C=O) groups excluding carboxylic acids is 2. The predicted molar refractivity (Wildman–Crippen MR) is 100 cm³/mol. The van der Waals surface area contributed by atoms with Gasteiger partial charge < -0.3 is 15.2 Å². The number of fused-ring (bicyclic) bond motifs is 1. The maximum absolute atomic E-state index is 12.0. The summed E-state index contributed by atoms with van der Waals surface area (Å²) in [5.41, 5.74) is 1.69. The van der Waals surface area contributed by atoms with Gasteiger partial charge in [0.05, 0.1) is 5.39 Å². The molecule has 2 amide bonds. The lowest BCUT2D eigenvalue weighted by Crippen LogP contribution is -2.26. The van der Waals surface area contributed by atoms with Crippen LogP contribution >= 0.6 is 11.6 Å². The van der Waals surface area contributed by atoms with Gasteiger partial charge in [0.25, 0.3) is 0 Å². The molecule has 1 aromatic heterocycles. The summed E-state index contributed by atoms with van der Waals surface area (Å²) >= 11 is 5.83. The second-order valence-electron chi connectivity index (χ2n) is 5.80. The minimum Gasteiger partial charge on any atom is -0.356 e.